The van der Waals surface area contributed by atoms with Crippen LogP contribution in [0.1, 0.15) is 16.8 Å². The van der Waals surface area contributed by atoms with Gasteiger partial charge in [0.2, 0.25) is 0 Å². The molecule has 0 saturated carbocycles. The van der Waals surface area contributed by atoms with E-state index < -0.39 is 0 Å². The highest BCUT2D eigenvalue weighted by atomic mass is 79.9. The zero-order valence-corrected chi connectivity index (χ0v) is 21.1. The molecule has 0 bridgehead atoms. The third-order valence-corrected chi connectivity index (χ3v) is 5.93. The van der Waals surface area contributed by atoms with E-state index in [0.29, 0.717) is 17.3 Å². The van der Waals surface area contributed by atoms with Gasteiger partial charge in [-0.2, -0.15) is 5.10 Å². The third-order valence-electron chi connectivity index (χ3n) is 4.87. The Morgan fingerprint density at radius 2 is 1.88 bits per heavy atom. The van der Waals surface area contributed by atoms with Gasteiger partial charge in [0.05, 0.1) is 24.5 Å². The molecule has 0 unspecified atom stereocenters. The second kappa shape index (κ2) is 10.1. The van der Waals surface area contributed by atoms with Crippen molar-refractivity contribution in [2.45, 2.75) is 6.92 Å². The number of para-hydroxylation sites is 1. The molecular weight excluding hydrogens is 548 g/mol. The van der Waals surface area contributed by atoms with Gasteiger partial charge in [-0.3, -0.25) is 5.43 Å². The van der Waals surface area contributed by atoms with Crippen LogP contribution in [-0.2, 0) is 0 Å². The molecule has 166 valence electrons. The number of benzene rings is 3. The van der Waals surface area contributed by atoms with Crippen LogP contribution in [0.2, 0.25) is 0 Å². The van der Waals surface area contributed by atoms with Crippen molar-refractivity contribution in [1.29, 1.82) is 0 Å². The normalized spacial score (nSPS) is 11.8. The van der Waals surface area contributed by atoms with Gasteiger partial charge < -0.3 is 9.84 Å². The summed E-state index contributed by atoms with van der Waals surface area (Å²) in [6.07, 6.45) is 1.63. The quantitative estimate of drug-likeness (QED) is 0.164. The fourth-order valence-corrected chi connectivity index (χ4v) is 4.76. The van der Waals surface area contributed by atoms with Gasteiger partial charge >= 0.3 is 0 Å². The van der Waals surface area contributed by atoms with Crippen molar-refractivity contribution in [3.05, 3.63) is 92.5 Å². The molecule has 0 aliphatic carbocycles. The van der Waals surface area contributed by atoms with Gasteiger partial charge in [-0.05, 0) is 76.4 Å². The number of aromatic nitrogens is 1. The zero-order chi connectivity index (χ0) is 23.4. The van der Waals surface area contributed by atoms with E-state index in [0.717, 1.165) is 36.7 Å². The maximum absolute atomic E-state index is 9.80. The van der Waals surface area contributed by atoms with Crippen LogP contribution in [0.3, 0.4) is 0 Å². The molecule has 0 atom stereocenters. The van der Waals surface area contributed by atoms with Crippen molar-refractivity contribution in [3.8, 4) is 11.5 Å². The van der Waals surface area contributed by atoms with Crippen LogP contribution in [0.4, 0.5) is 5.69 Å². The van der Waals surface area contributed by atoms with Crippen LogP contribution >= 0.6 is 31.9 Å². The predicted molar refractivity (Wildman–Crippen MR) is 140 cm³/mol. The summed E-state index contributed by atoms with van der Waals surface area (Å²) in [5.74, 6) is 0.938. The van der Waals surface area contributed by atoms with Crippen LogP contribution in [0, 0.1) is 6.92 Å². The van der Waals surface area contributed by atoms with Gasteiger partial charge in [0.1, 0.15) is 5.69 Å². The third kappa shape index (κ3) is 5.40. The molecule has 1 heterocycles. The highest BCUT2D eigenvalue weighted by Crippen LogP contribution is 2.33. The minimum absolute atomic E-state index is 0.0702. The molecule has 33 heavy (non-hydrogen) atoms. The summed E-state index contributed by atoms with van der Waals surface area (Å²) in [6, 6.07) is 20.8. The Morgan fingerprint density at radius 1 is 1.06 bits per heavy atom. The topological polar surface area (TPSA) is 79.1 Å². The monoisotopic (exact) mass is 566 g/mol. The summed E-state index contributed by atoms with van der Waals surface area (Å²) in [4.78, 5) is 9.62. The average molecular weight is 568 g/mol. The number of nitrogens with one attached hydrogen (secondary N) is 1. The van der Waals surface area contributed by atoms with E-state index in [1.54, 1.807) is 24.4 Å². The number of aliphatic imine (C=N–C) groups is 1. The maximum Gasteiger partial charge on any atom is 0.173 e. The molecule has 0 aliphatic rings. The number of phenols is 1. The van der Waals surface area contributed by atoms with Gasteiger partial charge in [0, 0.05) is 14.3 Å². The summed E-state index contributed by atoms with van der Waals surface area (Å²) >= 11 is 7.12. The maximum atomic E-state index is 9.80. The Balaban J connectivity index is 1.74. The molecule has 2 N–H and O–H groups in total. The minimum Gasteiger partial charge on any atom is -0.504 e. The van der Waals surface area contributed by atoms with Crippen molar-refractivity contribution in [2.24, 2.45) is 10.1 Å². The van der Waals surface area contributed by atoms with Crippen molar-refractivity contribution >= 4 is 60.5 Å². The largest absolute Gasteiger partial charge is 0.504 e. The molecule has 0 aliphatic heterocycles. The Labute approximate surface area is 208 Å². The van der Waals surface area contributed by atoms with E-state index in [9.17, 15) is 5.11 Å². The average Bonchev–Trinajstić information content (AvgIpc) is 2.80. The standard InChI is InChI=1S/C25H20Br2N4O2/c1-15-11-18(26)13-19(27)24(15)30-25(21-9-8-17-5-3-4-6-20(17)29-21)31-28-14-16-7-10-22(32)23(12-16)33-2/h3-14,32H,1-2H3,(H,30,31). The van der Waals surface area contributed by atoms with E-state index in [-0.39, 0.29) is 5.75 Å². The number of rotatable bonds is 5. The summed E-state index contributed by atoms with van der Waals surface area (Å²) < 4.78 is 6.97. The highest BCUT2D eigenvalue weighted by molar-refractivity contribution is 9.11. The number of aryl methyl sites for hydroxylation is 1. The highest BCUT2D eigenvalue weighted by Gasteiger charge is 2.11. The first-order chi connectivity index (χ1) is 15.9. The van der Waals surface area contributed by atoms with Crippen molar-refractivity contribution in [3.63, 3.8) is 0 Å². The molecule has 4 aromatic rings. The van der Waals surface area contributed by atoms with E-state index in [1.807, 2.05) is 55.5 Å². The van der Waals surface area contributed by atoms with Crippen molar-refractivity contribution in [1.82, 2.24) is 10.4 Å². The van der Waals surface area contributed by atoms with E-state index in [4.69, 9.17) is 14.7 Å². The number of nitrogens with zero attached hydrogens (tertiary/aromatic N) is 3. The lowest BCUT2D eigenvalue weighted by Gasteiger charge is -2.10. The van der Waals surface area contributed by atoms with E-state index >= 15 is 0 Å². The number of amidine groups is 1. The molecule has 0 fully saturated rings. The summed E-state index contributed by atoms with van der Waals surface area (Å²) in [5, 5.41) is 15.2. The number of ether oxygens (including phenoxy) is 1. The zero-order valence-electron chi connectivity index (χ0n) is 17.9. The predicted octanol–water partition coefficient (Wildman–Crippen LogP) is 6.48. The van der Waals surface area contributed by atoms with Crippen LogP contribution in [0.5, 0.6) is 11.5 Å². The van der Waals surface area contributed by atoms with Gasteiger partial charge in [0.15, 0.2) is 17.3 Å². The number of hydrogen-bond acceptors (Lipinski definition) is 5. The molecule has 8 heteroatoms. The fraction of sp³-hybridized carbons (Fsp3) is 0.0800. The first-order valence-electron chi connectivity index (χ1n) is 10.0. The first-order valence-corrected chi connectivity index (χ1v) is 11.6. The molecule has 0 radical (unpaired) electrons. The van der Waals surface area contributed by atoms with Gasteiger partial charge in [0.25, 0.3) is 0 Å². The number of pyridine rings is 1. The number of fused-ring (bicyclic) bond motifs is 1. The SMILES string of the molecule is COc1cc(C=NNC(=Nc2c(C)cc(Br)cc2Br)c2ccc3ccccc3n2)ccc1O. The smallest absolute Gasteiger partial charge is 0.173 e. The molecule has 4 rings (SSSR count). The molecule has 1 aromatic heterocycles. The van der Waals surface area contributed by atoms with Crippen LogP contribution < -0.4 is 10.2 Å². The van der Waals surface area contributed by atoms with Gasteiger partial charge in [-0.25, -0.2) is 9.98 Å². The fourth-order valence-electron chi connectivity index (χ4n) is 3.23. The second-order valence-corrected chi connectivity index (χ2v) is 8.97. The Morgan fingerprint density at radius 3 is 2.67 bits per heavy atom. The van der Waals surface area contributed by atoms with Crippen molar-refractivity contribution < 1.29 is 9.84 Å². The molecule has 0 amide bonds. The molecule has 6 nitrogen and oxygen atoms in total. The Hall–Kier alpha value is -3.23. The number of methoxy groups -OCH3 is 1. The Kier molecular flexibility index (Phi) is 7.05. The molecule has 0 saturated heterocycles. The number of hydrazone groups is 1. The lowest BCUT2D eigenvalue weighted by atomic mass is 10.2. The van der Waals surface area contributed by atoms with Gasteiger partial charge in [-0.15, -0.1) is 0 Å². The minimum atomic E-state index is 0.0702. The first kappa shape index (κ1) is 22.9. The van der Waals surface area contributed by atoms with Crippen LogP contribution in [0.25, 0.3) is 10.9 Å². The summed E-state index contributed by atoms with van der Waals surface area (Å²) in [5.41, 5.74) is 7.08. The van der Waals surface area contributed by atoms with Crippen LogP contribution in [0.15, 0.2) is 85.8 Å². The number of hydrogen-bond donors (Lipinski definition) is 2. The van der Waals surface area contributed by atoms with Crippen molar-refractivity contribution in [2.75, 3.05) is 7.11 Å². The van der Waals surface area contributed by atoms with Gasteiger partial charge in [-0.1, -0.05) is 40.2 Å². The lowest BCUT2D eigenvalue weighted by Crippen LogP contribution is -2.20. The molecule has 3 aromatic carbocycles. The Bertz CT molecular complexity index is 1360. The second-order valence-electron chi connectivity index (χ2n) is 7.20. The van der Waals surface area contributed by atoms with E-state index in [2.05, 4.69) is 42.4 Å². The number of aromatic hydroxyl groups is 1. The van der Waals surface area contributed by atoms with E-state index in [1.165, 1.54) is 7.11 Å². The van der Waals surface area contributed by atoms with Crippen LogP contribution in [-0.4, -0.2) is 29.3 Å². The summed E-state index contributed by atoms with van der Waals surface area (Å²) in [6.45, 7) is 1.99. The summed E-state index contributed by atoms with van der Waals surface area (Å²) in [7, 11) is 1.50. The lowest BCUT2D eigenvalue weighted by molar-refractivity contribution is 0.373. The number of phenolic OH excluding ortho intramolecular Hbond substituents is 1. The molecular formula is C25H20Br2N4O2. The number of halogens is 2. The molecule has 0 spiro atoms.